The molecule has 122 valence electrons. The first-order chi connectivity index (χ1) is 10.9. The number of rotatable bonds is 2. The predicted molar refractivity (Wildman–Crippen MR) is 82.7 cm³/mol. The molecule has 0 aliphatic carbocycles. The Kier molecular flexibility index (Phi) is 4.66. The molecule has 10 nitrogen and oxygen atoms in total. The molecule has 0 fully saturated rings. The average molecular weight is 321 g/mol. The van der Waals surface area contributed by atoms with Crippen LogP contribution in [-0.4, -0.2) is 36.7 Å². The fourth-order valence-corrected chi connectivity index (χ4v) is 1.85. The fraction of sp³-hybridized carbons (Fsp3) is 0.154. The van der Waals surface area contributed by atoms with Crippen molar-refractivity contribution in [3.8, 4) is 11.5 Å². The van der Waals surface area contributed by atoms with Crippen molar-refractivity contribution in [1.82, 2.24) is 19.9 Å². The molecule has 0 aliphatic heterocycles. The normalized spacial score (nSPS) is 10.3. The Morgan fingerprint density at radius 2 is 1.57 bits per heavy atom. The lowest BCUT2D eigenvalue weighted by atomic mass is 10.1. The third-order valence-corrected chi connectivity index (χ3v) is 2.89. The smallest absolute Gasteiger partial charge is 0.327 e. The highest BCUT2D eigenvalue weighted by atomic mass is 16.3. The first-order valence-electron chi connectivity index (χ1n) is 6.56. The summed E-state index contributed by atoms with van der Waals surface area (Å²) < 4.78 is 0. The summed E-state index contributed by atoms with van der Waals surface area (Å²) in [6.07, 6.45) is 0.716. The van der Waals surface area contributed by atoms with Crippen LogP contribution in [0.25, 0.3) is 11.2 Å². The minimum absolute atomic E-state index is 0.0413. The molecule has 3 aromatic rings. The molecule has 0 saturated heterocycles. The monoisotopic (exact) mass is 321 g/mol. The first-order valence-corrected chi connectivity index (χ1v) is 6.56. The summed E-state index contributed by atoms with van der Waals surface area (Å²) in [5, 5.41) is 18.0. The van der Waals surface area contributed by atoms with Gasteiger partial charge in [-0.25, -0.2) is 9.59 Å². The van der Waals surface area contributed by atoms with Crippen LogP contribution in [0.5, 0.6) is 11.5 Å². The molecule has 0 amide bonds. The molecular weight excluding hydrogens is 306 g/mol. The summed E-state index contributed by atoms with van der Waals surface area (Å²) in [6, 6.07) is 4.71. The van der Waals surface area contributed by atoms with E-state index in [-0.39, 0.29) is 22.7 Å². The summed E-state index contributed by atoms with van der Waals surface area (Å²) >= 11 is 0. The topological polar surface area (TPSA) is 181 Å². The highest BCUT2D eigenvalue weighted by Gasteiger charge is 2.02. The SMILES string of the molecule is NCCc1ccc(O)c(O)c1.O=c1[nH]c(=O)c2[nH]c(=O)[nH]c2[nH]1. The van der Waals surface area contributed by atoms with Crippen molar-refractivity contribution in [1.29, 1.82) is 0 Å². The Morgan fingerprint density at radius 1 is 0.913 bits per heavy atom. The van der Waals surface area contributed by atoms with Crippen molar-refractivity contribution in [2.45, 2.75) is 6.42 Å². The van der Waals surface area contributed by atoms with Crippen molar-refractivity contribution < 1.29 is 10.2 Å². The lowest BCUT2D eigenvalue weighted by Gasteiger charge is -2.00. The maximum absolute atomic E-state index is 10.9. The molecule has 8 N–H and O–H groups in total. The number of aromatic nitrogens is 4. The lowest BCUT2D eigenvalue weighted by Crippen LogP contribution is -2.21. The molecule has 1 aromatic carbocycles. The Balaban J connectivity index is 0.000000168. The molecule has 0 bridgehead atoms. The number of hydrogen-bond acceptors (Lipinski definition) is 6. The quantitative estimate of drug-likeness (QED) is 0.292. The van der Waals surface area contributed by atoms with Gasteiger partial charge in [0, 0.05) is 0 Å². The second-order valence-corrected chi connectivity index (χ2v) is 4.60. The van der Waals surface area contributed by atoms with E-state index >= 15 is 0 Å². The number of aromatic amines is 4. The van der Waals surface area contributed by atoms with Gasteiger partial charge in [-0.15, -0.1) is 0 Å². The molecule has 0 unspecified atom stereocenters. The van der Waals surface area contributed by atoms with Crippen molar-refractivity contribution in [2.24, 2.45) is 5.73 Å². The van der Waals surface area contributed by atoms with Gasteiger partial charge >= 0.3 is 11.4 Å². The van der Waals surface area contributed by atoms with Crippen molar-refractivity contribution in [3.63, 3.8) is 0 Å². The predicted octanol–water partition coefficient (Wildman–Crippen LogP) is -1.17. The molecule has 23 heavy (non-hydrogen) atoms. The number of nitrogens with two attached hydrogens (primary N) is 1. The molecule has 0 spiro atoms. The van der Waals surface area contributed by atoms with E-state index in [0.29, 0.717) is 13.0 Å². The molecule has 0 atom stereocenters. The molecule has 2 heterocycles. The van der Waals surface area contributed by atoms with Gasteiger partial charge in [0.25, 0.3) is 5.56 Å². The maximum Gasteiger partial charge on any atom is 0.327 e. The van der Waals surface area contributed by atoms with Crippen LogP contribution >= 0.6 is 0 Å². The zero-order valence-electron chi connectivity index (χ0n) is 11.8. The van der Waals surface area contributed by atoms with Crippen molar-refractivity contribution in [3.05, 3.63) is 55.1 Å². The molecule has 0 radical (unpaired) electrons. The van der Waals surface area contributed by atoms with E-state index in [1.807, 2.05) is 4.98 Å². The second kappa shape index (κ2) is 6.66. The fourth-order valence-electron chi connectivity index (χ4n) is 1.85. The van der Waals surface area contributed by atoms with Crippen molar-refractivity contribution >= 4 is 11.2 Å². The molecule has 10 heteroatoms. The van der Waals surface area contributed by atoms with Crippen LogP contribution in [0.1, 0.15) is 5.56 Å². The zero-order chi connectivity index (χ0) is 17.0. The van der Waals surface area contributed by atoms with Crippen LogP contribution in [0, 0.1) is 0 Å². The molecule has 3 rings (SSSR count). The number of fused-ring (bicyclic) bond motifs is 1. The van der Waals surface area contributed by atoms with Crippen LogP contribution in [0.2, 0.25) is 0 Å². The minimum Gasteiger partial charge on any atom is -0.504 e. The Labute approximate surface area is 127 Å². The van der Waals surface area contributed by atoms with E-state index in [1.165, 1.54) is 12.1 Å². The number of hydrogen-bond donors (Lipinski definition) is 7. The largest absolute Gasteiger partial charge is 0.504 e. The van der Waals surface area contributed by atoms with Crippen molar-refractivity contribution in [2.75, 3.05) is 6.54 Å². The van der Waals surface area contributed by atoms with E-state index in [0.717, 1.165) is 5.56 Å². The van der Waals surface area contributed by atoms with Gasteiger partial charge in [0.2, 0.25) is 0 Å². The summed E-state index contributed by atoms with van der Waals surface area (Å²) in [5.41, 5.74) is 4.59. The van der Waals surface area contributed by atoms with Gasteiger partial charge in [-0.05, 0) is 30.7 Å². The molecular formula is C13H15N5O5. The van der Waals surface area contributed by atoms with Gasteiger partial charge in [0.05, 0.1) is 0 Å². The second-order valence-electron chi connectivity index (χ2n) is 4.60. The van der Waals surface area contributed by atoms with E-state index in [4.69, 9.17) is 15.9 Å². The van der Waals surface area contributed by atoms with E-state index in [2.05, 4.69) is 15.0 Å². The van der Waals surface area contributed by atoms with E-state index < -0.39 is 16.9 Å². The van der Waals surface area contributed by atoms with Crippen LogP contribution in [0.3, 0.4) is 0 Å². The number of benzene rings is 1. The third-order valence-electron chi connectivity index (χ3n) is 2.89. The summed E-state index contributed by atoms with van der Waals surface area (Å²) in [5.74, 6) is -0.179. The molecule has 0 aliphatic rings. The number of imidazole rings is 1. The van der Waals surface area contributed by atoms with Gasteiger partial charge in [0.15, 0.2) is 11.5 Å². The highest BCUT2D eigenvalue weighted by Crippen LogP contribution is 2.24. The third kappa shape index (κ3) is 3.89. The summed E-state index contributed by atoms with van der Waals surface area (Å²) in [4.78, 5) is 41.0. The molecule has 2 aromatic heterocycles. The Bertz CT molecular complexity index is 981. The van der Waals surface area contributed by atoms with Crippen LogP contribution in [0.4, 0.5) is 0 Å². The van der Waals surface area contributed by atoms with Crippen LogP contribution < -0.4 is 22.7 Å². The Hall–Kier alpha value is -3.27. The van der Waals surface area contributed by atoms with Crippen LogP contribution in [-0.2, 0) is 6.42 Å². The van der Waals surface area contributed by atoms with Gasteiger partial charge in [0.1, 0.15) is 11.2 Å². The standard InChI is InChI=1S/C8H11NO2.C5H4N4O3/c9-4-3-6-1-2-7(10)8(11)5-6;10-3-1-2(7-4(11)6-1)8-5(12)9-3/h1-2,5,10-11H,3-4,9H2;(H4,6,7,8,9,10,11,12). The minimum atomic E-state index is -0.650. The first kappa shape index (κ1) is 16.1. The van der Waals surface area contributed by atoms with Gasteiger partial charge in [-0.2, -0.15) is 0 Å². The number of nitrogens with one attached hydrogen (secondary N) is 4. The average Bonchev–Trinajstić information content (AvgIpc) is 2.85. The van der Waals surface area contributed by atoms with Crippen LogP contribution in [0.15, 0.2) is 32.6 Å². The highest BCUT2D eigenvalue weighted by molar-refractivity contribution is 5.67. The molecule has 0 saturated carbocycles. The van der Waals surface area contributed by atoms with Gasteiger partial charge in [-0.1, -0.05) is 6.07 Å². The Morgan fingerprint density at radius 3 is 2.17 bits per heavy atom. The summed E-state index contributed by atoms with van der Waals surface area (Å²) in [7, 11) is 0. The lowest BCUT2D eigenvalue weighted by molar-refractivity contribution is 0.403. The summed E-state index contributed by atoms with van der Waals surface area (Å²) in [6.45, 7) is 0.546. The zero-order valence-corrected chi connectivity index (χ0v) is 11.8. The van der Waals surface area contributed by atoms with Gasteiger partial charge < -0.3 is 15.9 Å². The van der Waals surface area contributed by atoms with Gasteiger partial charge in [-0.3, -0.25) is 24.7 Å². The number of aromatic hydroxyl groups is 2. The van der Waals surface area contributed by atoms with E-state index in [9.17, 15) is 14.4 Å². The number of H-pyrrole nitrogens is 4. The number of phenols is 2. The van der Waals surface area contributed by atoms with E-state index in [1.54, 1.807) is 6.07 Å². The number of phenolic OH excluding ortho intramolecular Hbond substituents is 2. The maximum atomic E-state index is 10.9.